The van der Waals surface area contributed by atoms with Gasteiger partial charge in [-0.25, -0.2) is 4.39 Å². The van der Waals surface area contributed by atoms with Gasteiger partial charge in [0.25, 0.3) is 5.91 Å². The molecule has 1 aliphatic heterocycles. The summed E-state index contributed by atoms with van der Waals surface area (Å²) >= 11 is 0. The number of para-hydroxylation sites is 1. The number of aliphatic hydroxyl groups is 1. The zero-order valence-electron chi connectivity index (χ0n) is 20.2. The Morgan fingerprint density at radius 3 is 2.06 bits per heavy atom. The van der Waals surface area contributed by atoms with Gasteiger partial charge in [-0.15, -0.1) is 0 Å². The number of halogens is 1. The molecule has 0 atom stereocenters. The first-order valence-electron chi connectivity index (χ1n) is 12.0. The lowest BCUT2D eigenvalue weighted by Crippen LogP contribution is -2.36. The second-order valence-electron chi connectivity index (χ2n) is 7.78. The Hall–Kier alpha value is -2.40. The molecule has 1 aliphatic carbocycles. The fourth-order valence-electron chi connectivity index (χ4n) is 4.00. The van der Waals surface area contributed by atoms with Crippen LogP contribution >= 0.6 is 0 Å². The Morgan fingerprint density at radius 1 is 0.906 bits per heavy atom. The van der Waals surface area contributed by atoms with Gasteiger partial charge in [0.15, 0.2) is 0 Å². The van der Waals surface area contributed by atoms with Gasteiger partial charge >= 0.3 is 0 Å². The molecular formula is C27H41FN2O2. The summed E-state index contributed by atoms with van der Waals surface area (Å²) in [5.41, 5.74) is 2.23. The minimum atomic E-state index is -0.407. The summed E-state index contributed by atoms with van der Waals surface area (Å²) in [5, 5.41) is 10.5. The van der Waals surface area contributed by atoms with Crippen molar-refractivity contribution in [3.05, 3.63) is 65.5 Å². The zero-order valence-corrected chi connectivity index (χ0v) is 20.2. The maximum atomic E-state index is 13.6. The summed E-state index contributed by atoms with van der Waals surface area (Å²) in [7, 11) is 1.00. The topological polar surface area (TPSA) is 52.6 Å². The predicted octanol–water partition coefficient (Wildman–Crippen LogP) is 6.44. The first-order chi connectivity index (χ1) is 15.6. The van der Waals surface area contributed by atoms with Crippen LogP contribution in [0.15, 0.2) is 48.5 Å². The summed E-state index contributed by atoms with van der Waals surface area (Å²) in [6, 6.07) is 16.0. The van der Waals surface area contributed by atoms with Crippen molar-refractivity contribution in [1.82, 2.24) is 4.90 Å². The van der Waals surface area contributed by atoms with Gasteiger partial charge in [0.1, 0.15) is 5.82 Å². The van der Waals surface area contributed by atoms with Crippen molar-refractivity contribution in [2.24, 2.45) is 0 Å². The summed E-state index contributed by atoms with van der Waals surface area (Å²) < 4.78 is 13.6. The number of benzene rings is 2. The number of aryl methyl sites for hydroxylation is 1. The molecule has 2 aromatic carbocycles. The third-order valence-electron chi connectivity index (χ3n) is 5.58. The van der Waals surface area contributed by atoms with Crippen LogP contribution in [0.2, 0.25) is 0 Å². The van der Waals surface area contributed by atoms with Crippen molar-refractivity contribution >= 4 is 11.6 Å². The lowest BCUT2D eigenvalue weighted by molar-refractivity contribution is 0.0719. The molecule has 178 valence electrons. The highest BCUT2D eigenvalue weighted by molar-refractivity contribution is 5.96. The van der Waals surface area contributed by atoms with E-state index >= 15 is 0 Å². The Morgan fingerprint density at radius 2 is 1.50 bits per heavy atom. The Bertz CT molecular complexity index is 735. The second-order valence-corrected chi connectivity index (χ2v) is 7.78. The van der Waals surface area contributed by atoms with Crippen molar-refractivity contribution in [2.45, 2.75) is 71.8 Å². The van der Waals surface area contributed by atoms with Crippen LogP contribution in [-0.4, -0.2) is 42.2 Å². The van der Waals surface area contributed by atoms with Gasteiger partial charge in [-0.1, -0.05) is 57.0 Å². The number of amides is 1. The number of aliphatic hydroxyl groups excluding tert-OH is 1. The van der Waals surface area contributed by atoms with Crippen molar-refractivity contribution in [1.29, 1.82) is 0 Å². The van der Waals surface area contributed by atoms with Crippen molar-refractivity contribution in [3.8, 4) is 0 Å². The molecule has 0 aromatic heterocycles. The molecule has 4 nitrogen and oxygen atoms in total. The quantitative estimate of drug-likeness (QED) is 0.573. The number of carbonyl (C=O) groups excluding carboxylic acids is 1. The van der Waals surface area contributed by atoms with E-state index in [9.17, 15) is 9.18 Å². The molecule has 1 amide bonds. The fraction of sp³-hybridized carbons (Fsp3) is 0.519. The van der Waals surface area contributed by atoms with E-state index in [1.54, 1.807) is 24.0 Å². The van der Waals surface area contributed by atoms with Gasteiger partial charge in [0.05, 0.1) is 5.56 Å². The molecule has 2 N–H and O–H groups in total. The molecule has 1 saturated heterocycles. The number of hydrogen-bond donors (Lipinski definition) is 2. The minimum Gasteiger partial charge on any atom is -0.400 e. The maximum absolute atomic E-state index is 13.6. The van der Waals surface area contributed by atoms with Gasteiger partial charge in [0.2, 0.25) is 0 Å². The summed E-state index contributed by atoms with van der Waals surface area (Å²) in [6.45, 7) is 7.29. The van der Waals surface area contributed by atoms with E-state index in [-0.39, 0.29) is 11.5 Å². The Balaban J connectivity index is 0.000000285. The molecule has 4 rings (SSSR count). The summed E-state index contributed by atoms with van der Waals surface area (Å²) in [4.78, 5) is 13.9. The van der Waals surface area contributed by atoms with Gasteiger partial charge in [-0.2, -0.15) is 0 Å². The molecule has 2 fully saturated rings. The van der Waals surface area contributed by atoms with E-state index in [0.717, 1.165) is 44.6 Å². The van der Waals surface area contributed by atoms with E-state index in [2.05, 4.69) is 35.6 Å². The molecule has 2 aliphatic rings. The minimum absolute atomic E-state index is 0.157. The molecule has 0 radical (unpaired) electrons. The van der Waals surface area contributed by atoms with Gasteiger partial charge < -0.3 is 15.3 Å². The number of likely N-dealkylation sites (tertiary alicyclic amines) is 1. The van der Waals surface area contributed by atoms with Crippen LogP contribution in [-0.2, 0) is 0 Å². The van der Waals surface area contributed by atoms with Crippen LogP contribution < -0.4 is 5.32 Å². The number of piperidine rings is 1. The summed E-state index contributed by atoms with van der Waals surface area (Å²) in [6.07, 6.45) is 8.69. The van der Waals surface area contributed by atoms with E-state index in [1.807, 2.05) is 13.8 Å². The maximum Gasteiger partial charge on any atom is 0.257 e. The highest BCUT2D eigenvalue weighted by Crippen LogP contribution is 2.22. The average Bonchev–Trinajstić information content (AvgIpc) is 3.36. The largest absolute Gasteiger partial charge is 0.400 e. The monoisotopic (exact) mass is 444 g/mol. The van der Waals surface area contributed by atoms with Crippen LogP contribution in [0.1, 0.15) is 74.7 Å². The lowest BCUT2D eigenvalue weighted by Gasteiger charge is -2.27. The lowest BCUT2D eigenvalue weighted by atomic mass is 10.0. The van der Waals surface area contributed by atoms with Crippen molar-refractivity contribution < 1.29 is 14.3 Å². The van der Waals surface area contributed by atoms with Crippen LogP contribution in [0.5, 0.6) is 0 Å². The highest BCUT2D eigenvalue weighted by Gasteiger charge is 2.22. The van der Waals surface area contributed by atoms with Crippen LogP contribution in [0, 0.1) is 12.7 Å². The van der Waals surface area contributed by atoms with Crippen LogP contribution in [0.25, 0.3) is 0 Å². The normalized spacial score (nSPS) is 15.2. The van der Waals surface area contributed by atoms with Crippen molar-refractivity contribution in [2.75, 3.05) is 25.5 Å². The number of carbonyl (C=O) groups is 1. The fourth-order valence-corrected chi connectivity index (χ4v) is 4.00. The third kappa shape index (κ3) is 8.99. The SMILES string of the molecule is CC.CO.Cc1cccc(F)c1C(=O)N1CCCCC1.c1ccc(NC2CCCC2)cc1. The standard InChI is InChI=1S/C13H16FNO.C11H15N.C2H6.CH4O/c1-10-6-5-7-11(14)12(10)13(16)15-8-3-2-4-9-15;1-2-6-10(7-3-1)12-11-8-4-5-9-11;2*1-2/h5-7H,2-4,8-9H2,1H3;1-3,6-7,11-12H,4-5,8-9H2;1-2H3;2H,1H3. The van der Waals surface area contributed by atoms with Gasteiger partial charge in [-0.3, -0.25) is 4.79 Å². The molecule has 0 bridgehead atoms. The second kappa shape index (κ2) is 16.3. The predicted molar refractivity (Wildman–Crippen MR) is 133 cm³/mol. The molecular weight excluding hydrogens is 403 g/mol. The van der Waals surface area contributed by atoms with E-state index in [0.29, 0.717) is 0 Å². The molecule has 32 heavy (non-hydrogen) atoms. The first kappa shape index (κ1) is 27.6. The van der Waals surface area contributed by atoms with Crippen LogP contribution in [0.3, 0.4) is 0 Å². The number of rotatable bonds is 3. The summed E-state index contributed by atoms with van der Waals surface area (Å²) in [5.74, 6) is -0.564. The first-order valence-corrected chi connectivity index (χ1v) is 12.0. The van der Waals surface area contributed by atoms with Crippen LogP contribution in [0.4, 0.5) is 10.1 Å². The van der Waals surface area contributed by atoms with Gasteiger partial charge in [0, 0.05) is 31.9 Å². The average molecular weight is 445 g/mol. The molecule has 5 heteroatoms. The van der Waals surface area contributed by atoms with E-state index < -0.39 is 5.82 Å². The smallest absolute Gasteiger partial charge is 0.257 e. The van der Waals surface area contributed by atoms with Gasteiger partial charge in [-0.05, 0) is 62.8 Å². The third-order valence-corrected chi connectivity index (χ3v) is 5.58. The molecule has 1 heterocycles. The van der Waals surface area contributed by atoms with Crippen molar-refractivity contribution in [3.63, 3.8) is 0 Å². The highest BCUT2D eigenvalue weighted by atomic mass is 19.1. The molecule has 0 unspecified atom stereocenters. The Labute approximate surface area is 193 Å². The zero-order chi connectivity index (χ0) is 23.8. The Kier molecular flexibility index (Phi) is 14.0. The number of nitrogens with one attached hydrogen (secondary N) is 1. The number of anilines is 1. The molecule has 1 saturated carbocycles. The van der Waals surface area contributed by atoms with E-state index in [1.165, 1.54) is 43.9 Å². The molecule has 0 spiro atoms. The number of hydrogen-bond acceptors (Lipinski definition) is 3. The van der Waals surface area contributed by atoms with E-state index in [4.69, 9.17) is 5.11 Å². The molecule has 2 aromatic rings. The number of nitrogens with zero attached hydrogens (tertiary/aromatic N) is 1.